The Bertz CT molecular complexity index is 348. The first-order valence-electron chi connectivity index (χ1n) is 5.12. The minimum atomic E-state index is 0.0705. The number of rotatable bonds is 3. The molecule has 1 fully saturated rings. The van der Waals surface area contributed by atoms with E-state index in [1.807, 2.05) is 0 Å². The number of methoxy groups -OCH3 is 2. The van der Waals surface area contributed by atoms with Crippen LogP contribution in [0.25, 0.3) is 0 Å². The highest BCUT2D eigenvalue weighted by Gasteiger charge is 2.33. The van der Waals surface area contributed by atoms with Crippen LogP contribution in [0.5, 0.6) is 0 Å². The SMILES string of the molecule is COC1CN(c2cc(N)ncn2)CC1OC. The molecule has 1 aromatic rings. The van der Waals surface area contributed by atoms with Gasteiger partial charge in [-0.15, -0.1) is 0 Å². The van der Waals surface area contributed by atoms with Gasteiger partial charge < -0.3 is 20.1 Å². The Labute approximate surface area is 94.4 Å². The fourth-order valence-electron chi connectivity index (χ4n) is 1.92. The number of nitrogen functional groups attached to an aromatic ring is 1. The standard InChI is InChI=1S/C10H16N4O2/c1-15-7-4-14(5-8(7)16-2)10-3-9(11)12-6-13-10/h3,6-8H,4-5H2,1-2H3,(H2,11,12,13). The molecule has 1 aromatic heterocycles. The van der Waals surface area contributed by atoms with Gasteiger partial charge in [-0.2, -0.15) is 0 Å². The minimum absolute atomic E-state index is 0.0705. The van der Waals surface area contributed by atoms with Crippen molar-refractivity contribution in [3.63, 3.8) is 0 Å². The number of aromatic nitrogens is 2. The summed E-state index contributed by atoms with van der Waals surface area (Å²) in [4.78, 5) is 10.1. The summed E-state index contributed by atoms with van der Waals surface area (Å²) in [6.45, 7) is 1.51. The van der Waals surface area contributed by atoms with Crippen LogP contribution in [0.15, 0.2) is 12.4 Å². The van der Waals surface area contributed by atoms with Crippen LogP contribution in [0.1, 0.15) is 0 Å². The quantitative estimate of drug-likeness (QED) is 0.773. The van der Waals surface area contributed by atoms with Crippen molar-refractivity contribution in [2.45, 2.75) is 12.2 Å². The van der Waals surface area contributed by atoms with Gasteiger partial charge >= 0.3 is 0 Å². The topological polar surface area (TPSA) is 73.5 Å². The molecule has 1 aliphatic rings. The van der Waals surface area contributed by atoms with Crippen LogP contribution in [-0.2, 0) is 9.47 Å². The second kappa shape index (κ2) is 4.63. The van der Waals surface area contributed by atoms with Crippen LogP contribution in [0, 0.1) is 0 Å². The highest BCUT2D eigenvalue weighted by atomic mass is 16.5. The molecule has 0 saturated carbocycles. The van der Waals surface area contributed by atoms with Gasteiger partial charge in [-0.3, -0.25) is 0 Å². The molecule has 1 aliphatic heterocycles. The molecule has 0 amide bonds. The molecule has 88 valence electrons. The van der Waals surface area contributed by atoms with Crippen molar-refractivity contribution in [3.8, 4) is 0 Å². The van der Waals surface area contributed by atoms with Crippen LogP contribution in [-0.4, -0.2) is 49.5 Å². The van der Waals surface area contributed by atoms with E-state index < -0.39 is 0 Å². The molecule has 2 heterocycles. The Kier molecular flexibility index (Phi) is 3.21. The van der Waals surface area contributed by atoms with Crippen molar-refractivity contribution in [1.82, 2.24) is 9.97 Å². The number of nitrogens with two attached hydrogens (primary N) is 1. The zero-order valence-electron chi connectivity index (χ0n) is 9.46. The lowest BCUT2D eigenvalue weighted by molar-refractivity contribution is -0.00461. The molecule has 2 rings (SSSR count). The fourth-order valence-corrected chi connectivity index (χ4v) is 1.92. The number of ether oxygens (including phenoxy) is 2. The van der Waals surface area contributed by atoms with E-state index in [9.17, 15) is 0 Å². The van der Waals surface area contributed by atoms with Crippen molar-refractivity contribution < 1.29 is 9.47 Å². The Morgan fingerprint density at radius 3 is 2.38 bits per heavy atom. The van der Waals surface area contributed by atoms with Crippen molar-refractivity contribution in [2.75, 3.05) is 37.9 Å². The van der Waals surface area contributed by atoms with E-state index in [1.54, 1.807) is 20.3 Å². The van der Waals surface area contributed by atoms with Gasteiger partial charge in [-0.1, -0.05) is 0 Å². The van der Waals surface area contributed by atoms with Crippen LogP contribution in [0.3, 0.4) is 0 Å². The Morgan fingerprint density at radius 1 is 1.25 bits per heavy atom. The summed E-state index contributed by atoms with van der Waals surface area (Å²) in [7, 11) is 3.38. The van der Waals surface area contributed by atoms with Crippen molar-refractivity contribution in [2.24, 2.45) is 0 Å². The van der Waals surface area contributed by atoms with Gasteiger partial charge in [-0.05, 0) is 0 Å². The molecule has 1 saturated heterocycles. The normalized spacial score (nSPS) is 25.0. The van der Waals surface area contributed by atoms with Crippen molar-refractivity contribution in [1.29, 1.82) is 0 Å². The van der Waals surface area contributed by atoms with Gasteiger partial charge in [0, 0.05) is 33.4 Å². The van der Waals surface area contributed by atoms with Crippen LogP contribution < -0.4 is 10.6 Å². The van der Waals surface area contributed by atoms with E-state index in [2.05, 4.69) is 14.9 Å². The average Bonchev–Trinajstić information content (AvgIpc) is 2.72. The molecule has 2 N–H and O–H groups in total. The maximum absolute atomic E-state index is 5.62. The molecule has 0 spiro atoms. The maximum atomic E-state index is 5.62. The summed E-state index contributed by atoms with van der Waals surface area (Å²) >= 11 is 0. The Balaban J connectivity index is 2.12. The molecule has 0 radical (unpaired) electrons. The third kappa shape index (κ3) is 2.07. The fraction of sp³-hybridized carbons (Fsp3) is 0.600. The zero-order chi connectivity index (χ0) is 11.5. The molecule has 6 heteroatoms. The highest BCUT2D eigenvalue weighted by Crippen LogP contribution is 2.21. The second-order valence-electron chi connectivity index (χ2n) is 3.75. The average molecular weight is 224 g/mol. The van der Waals surface area contributed by atoms with Gasteiger partial charge in [0.1, 0.15) is 30.2 Å². The molecule has 0 bridgehead atoms. The maximum Gasteiger partial charge on any atom is 0.134 e. The second-order valence-corrected chi connectivity index (χ2v) is 3.75. The van der Waals surface area contributed by atoms with E-state index in [0.717, 1.165) is 18.9 Å². The molecular weight excluding hydrogens is 208 g/mol. The van der Waals surface area contributed by atoms with Crippen molar-refractivity contribution >= 4 is 11.6 Å². The highest BCUT2D eigenvalue weighted by molar-refractivity contribution is 5.47. The number of hydrogen-bond donors (Lipinski definition) is 1. The van der Waals surface area contributed by atoms with Crippen molar-refractivity contribution in [3.05, 3.63) is 12.4 Å². The lowest BCUT2D eigenvalue weighted by atomic mass is 10.3. The first-order chi connectivity index (χ1) is 7.74. The lowest BCUT2D eigenvalue weighted by Gasteiger charge is -2.16. The molecule has 6 nitrogen and oxygen atoms in total. The molecule has 2 atom stereocenters. The third-order valence-corrected chi connectivity index (χ3v) is 2.82. The summed E-state index contributed by atoms with van der Waals surface area (Å²) in [6.07, 6.45) is 1.61. The predicted molar refractivity (Wildman–Crippen MR) is 60.3 cm³/mol. The van der Waals surface area contributed by atoms with Gasteiger partial charge in [-0.25, -0.2) is 9.97 Å². The van der Waals surface area contributed by atoms with E-state index in [1.165, 1.54) is 6.33 Å². The molecule has 0 aliphatic carbocycles. The van der Waals surface area contributed by atoms with Crippen LogP contribution in [0.2, 0.25) is 0 Å². The third-order valence-electron chi connectivity index (χ3n) is 2.82. The zero-order valence-corrected chi connectivity index (χ0v) is 9.46. The van der Waals surface area contributed by atoms with Gasteiger partial charge in [0.25, 0.3) is 0 Å². The summed E-state index contributed by atoms with van der Waals surface area (Å²) in [5.41, 5.74) is 5.62. The summed E-state index contributed by atoms with van der Waals surface area (Å²) in [6, 6.07) is 1.75. The molecular formula is C10H16N4O2. The molecule has 16 heavy (non-hydrogen) atoms. The number of nitrogens with zero attached hydrogens (tertiary/aromatic N) is 3. The Hall–Kier alpha value is -1.40. The van der Waals surface area contributed by atoms with Gasteiger partial charge in [0.2, 0.25) is 0 Å². The van der Waals surface area contributed by atoms with Gasteiger partial charge in [0.15, 0.2) is 0 Å². The van der Waals surface area contributed by atoms with E-state index in [0.29, 0.717) is 5.82 Å². The first-order valence-corrected chi connectivity index (χ1v) is 5.12. The van der Waals surface area contributed by atoms with E-state index in [-0.39, 0.29) is 12.2 Å². The Morgan fingerprint density at radius 2 is 1.88 bits per heavy atom. The monoisotopic (exact) mass is 224 g/mol. The molecule has 0 aromatic carbocycles. The lowest BCUT2D eigenvalue weighted by Crippen LogP contribution is -2.27. The molecule has 2 unspecified atom stereocenters. The van der Waals surface area contributed by atoms with E-state index in [4.69, 9.17) is 15.2 Å². The minimum Gasteiger partial charge on any atom is -0.384 e. The smallest absolute Gasteiger partial charge is 0.134 e. The number of hydrogen-bond acceptors (Lipinski definition) is 6. The van der Waals surface area contributed by atoms with Crippen LogP contribution in [0.4, 0.5) is 11.6 Å². The van der Waals surface area contributed by atoms with Gasteiger partial charge in [0.05, 0.1) is 0 Å². The number of anilines is 2. The summed E-state index contributed by atoms with van der Waals surface area (Å²) < 4.78 is 10.7. The first kappa shape index (κ1) is 11.1. The van der Waals surface area contributed by atoms with E-state index >= 15 is 0 Å². The largest absolute Gasteiger partial charge is 0.384 e. The predicted octanol–water partition coefficient (Wildman–Crippen LogP) is -0.0912. The summed E-state index contributed by atoms with van der Waals surface area (Å²) in [5, 5.41) is 0. The van der Waals surface area contributed by atoms with Crippen LogP contribution >= 0.6 is 0 Å². The summed E-state index contributed by atoms with van der Waals surface area (Å²) in [5.74, 6) is 1.29.